The normalized spacial score (nSPS) is 15.0. The molecular weight excluding hydrogens is 306 g/mol. The molecule has 1 fully saturated rings. The van der Waals surface area contributed by atoms with Crippen LogP contribution in [0.5, 0.6) is 0 Å². The number of hydrogen-bond donors (Lipinski definition) is 0. The zero-order chi connectivity index (χ0) is 16.2. The molecular formula is C18H23N3OS. The third-order valence-corrected chi connectivity index (χ3v) is 5.36. The number of aryl methyl sites for hydroxylation is 2. The van der Waals surface area contributed by atoms with Crippen LogP contribution in [0.1, 0.15) is 30.4 Å². The minimum atomic E-state index is 0.226. The fraction of sp³-hybridized carbons (Fsp3) is 0.444. The lowest BCUT2D eigenvalue weighted by atomic mass is 10.1. The minimum absolute atomic E-state index is 0.226. The molecule has 122 valence electrons. The summed E-state index contributed by atoms with van der Waals surface area (Å²) in [6.45, 7) is 6.04. The number of hydrogen-bond acceptors (Lipinski definition) is 3. The Morgan fingerprint density at radius 1 is 1.17 bits per heavy atom. The van der Waals surface area contributed by atoms with Crippen LogP contribution in [-0.4, -0.2) is 39.2 Å². The first-order valence-corrected chi connectivity index (χ1v) is 9.15. The van der Waals surface area contributed by atoms with Crippen LogP contribution < -0.4 is 0 Å². The van der Waals surface area contributed by atoms with Gasteiger partial charge in [-0.1, -0.05) is 17.8 Å². The van der Waals surface area contributed by atoms with Gasteiger partial charge in [0, 0.05) is 31.2 Å². The summed E-state index contributed by atoms with van der Waals surface area (Å²) >= 11 is 1.52. The van der Waals surface area contributed by atoms with Crippen LogP contribution in [0, 0.1) is 13.8 Å². The van der Waals surface area contributed by atoms with Gasteiger partial charge in [0.15, 0.2) is 5.16 Å². The Hall–Kier alpha value is -1.75. The van der Waals surface area contributed by atoms with Crippen molar-refractivity contribution in [3.05, 3.63) is 41.7 Å². The highest BCUT2D eigenvalue weighted by Crippen LogP contribution is 2.23. The van der Waals surface area contributed by atoms with Gasteiger partial charge in [0.05, 0.1) is 5.75 Å². The second kappa shape index (κ2) is 7.21. The highest BCUT2D eigenvalue weighted by Gasteiger charge is 2.17. The molecule has 3 rings (SSSR count). The molecule has 1 aromatic heterocycles. The number of benzene rings is 1. The number of thioether (sulfide) groups is 1. The molecule has 0 aliphatic carbocycles. The van der Waals surface area contributed by atoms with Crippen LogP contribution in [0.3, 0.4) is 0 Å². The Morgan fingerprint density at radius 2 is 1.96 bits per heavy atom. The summed E-state index contributed by atoms with van der Waals surface area (Å²) in [5.41, 5.74) is 3.64. The van der Waals surface area contributed by atoms with E-state index in [1.165, 1.54) is 29.3 Å². The number of rotatable bonds is 4. The molecule has 2 heterocycles. The maximum atomic E-state index is 12.3. The molecule has 0 atom stereocenters. The lowest BCUT2D eigenvalue weighted by Gasteiger charge is -2.26. The molecule has 4 nitrogen and oxygen atoms in total. The van der Waals surface area contributed by atoms with Crippen LogP contribution >= 0.6 is 11.8 Å². The van der Waals surface area contributed by atoms with Gasteiger partial charge in [-0.25, -0.2) is 4.98 Å². The minimum Gasteiger partial charge on any atom is -0.342 e. The second-order valence-electron chi connectivity index (χ2n) is 6.08. The second-order valence-corrected chi connectivity index (χ2v) is 7.02. The van der Waals surface area contributed by atoms with Gasteiger partial charge in [-0.2, -0.15) is 0 Å². The lowest BCUT2D eigenvalue weighted by Crippen LogP contribution is -2.36. The van der Waals surface area contributed by atoms with Crippen molar-refractivity contribution in [3.8, 4) is 5.69 Å². The van der Waals surface area contributed by atoms with E-state index in [1.54, 1.807) is 6.20 Å². The Kier molecular flexibility index (Phi) is 5.06. The quantitative estimate of drug-likeness (QED) is 0.805. The molecule has 0 radical (unpaired) electrons. The molecule has 0 unspecified atom stereocenters. The first-order chi connectivity index (χ1) is 11.1. The summed E-state index contributed by atoms with van der Waals surface area (Å²) in [6.07, 6.45) is 7.26. The van der Waals surface area contributed by atoms with E-state index in [1.807, 2.05) is 11.1 Å². The van der Waals surface area contributed by atoms with Crippen molar-refractivity contribution in [3.63, 3.8) is 0 Å². The molecule has 1 aliphatic heterocycles. The third kappa shape index (κ3) is 3.78. The van der Waals surface area contributed by atoms with Crippen molar-refractivity contribution < 1.29 is 4.79 Å². The maximum absolute atomic E-state index is 12.3. The molecule has 1 saturated heterocycles. The van der Waals surface area contributed by atoms with Crippen molar-refractivity contribution >= 4 is 17.7 Å². The fourth-order valence-electron chi connectivity index (χ4n) is 2.83. The molecule has 1 aliphatic rings. The molecule has 0 N–H and O–H groups in total. The van der Waals surface area contributed by atoms with Crippen molar-refractivity contribution in [1.29, 1.82) is 0 Å². The van der Waals surface area contributed by atoms with E-state index >= 15 is 0 Å². The van der Waals surface area contributed by atoms with Crippen molar-refractivity contribution in [2.24, 2.45) is 0 Å². The van der Waals surface area contributed by atoms with Crippen molar-refractivity contribution in [2.75, 3.05) is 18.8 Å². The van der Waals surface area contributed by atoms with E-state index in [0.29, 0.717) is 5.75 Å². The Balaban J connectivity index is 1.68. The first kappa shape index (κ1) is 16.1. The topological polar surface area (TPSA) is 38.1 Å². The van der Waals surface area contributed by atoms with Crippen LogP contribution in [0.4, 0.5) is 0 Å². The van der Waals surface area contributed by atoms with E-state index in [-0.39, 0.29) is 5.91 Å². The van der Waals surface area contributed by atoms with E-state index in [4.69, 9.17) is 0 Å². The smallest absolute Gasteiger partial charge is 0.233 e. The van der Waals surface area contributed by atoms with Gasteiger partial charge in [-0.3, -0.25) is 9.36 Å². The van der Waals surface area contributed by atoms with Gasteiger partial charge < -0.3 is 4.90 Å². The predicted octanol–water partition coefficient (Wildman–Crippen LogP) is 3.59. The summed E-state index contributed by atoms with van der Waals surface area (Å²) < 4.78 is 2.06. The molecule has 0 bridgehead atoms. The largest absolute Gasteiger partial charge is 0.342 e. The molecule has 23 heavy (non-hydrogen) atoms. The van der Waals surface area contributed by atoms with Gasteiger partial charge in [-0.15, -0.1) is 0 Å². The zero-order valence-corrected chi connectivity index (χ0v) is 14.6. The number of piperidine rings is 1. The van der Waals surface area contributed by atoms with Crippen LogP contribution in [0.2, 0.25) is 0 Å². The number of nitrogens with zero attached hydrogens (tertiary/aromatic N) is 3. The number of likely N-dealkylation sites (tertiary alicyclic amines) is 1. The summed E-state index contributed by atoms with van der Waals surface area (Å²) in [5.74, 6) is 0.686. The summed E-state index contributed by atoms with van der Waals surface area (Å²) in [4.78, 5) is 18.7. The van der Waals surface area contributed by atoms with Gasteiger partial charge >= 0.3 is 0 Å². The van der Waals surface area contributed by atoms with Crippen molar-refractivity contribution in [2.45, 2.75) is 38.3 Å². The van der Waals surface area contributed by atoms with Gasteiger partial charge in [0.25, 0.3) is 0 Å². The number of carbonyl (C=O) groups excluding carboxylic acids is 1. The van der Waals surface area contributed by atoms with E-state index in [9.17, 15) is 4.79 Å². The Bertz CT molecular complexity index is 689. The zero-order valence-electron chi connectivity index (χ0n) is 13.8. The Morgan fingerprint density at radius 3 is 2.70 bits per heavy atom. The highest BCUT2D eigenvalue weighted by molar-refractivity contribution is 7.99. The molecule has 0 spiro atoms. The van der Waals surface area contributed by atoms with Gasteiger partial charge in [0.2, 0.25) is 5.91 Å². The summed E-state index contributed by atoms with van der Waals surface area (Å²) in [5, 5.41) is 0.874. The molecule has 1 aromatic carbocycles. The maximum Gasteiger partial charge on any atom is 0.233 e. The standard InChI is InChI=1S/C18H23N3OS/c1-14-6-7-16(12-15(14)2)21-11-8-19-18(21)23-13-17(22)20-9-4-3-5-10-20/h6-8,11-12H,3-5,9-10,13H2,1-2H3. The van der Waals surface area contributed by atoms with E-state index in [0.717, 1.165) is 36.8 Å². The molecule has 5 heteroatoms. The number of imidazole rings is 1. The van der Waals surface area contributed by atoms with Crippen LogP contribution in [0.25, 0.3) is 5.69 Å². The lowest BCUT2D eigenvalue weighted by molar-refractivity contribution is -0.129. The fourth-order valence-corrected chi connectivity index (χ4v) is 3.71. The molecule has 0 saturated carbocycles. The van der Waals surface area contributed by atoms with E-state index < -0.39 is 0 Å². The van der Waals surface area contributed by atoms with E-state index in [2.05, 4.69) is 41.6 Å². The van der Waals surface area contributed by atoms with Gasteiger partial charge in [0.1, 0.15) is 0 Å². The number of amides is 1. The van der Waals surface area contributed by atoms with Crippen molar-refractivity contribution in [1.82, 2.24) is 14.5 Å². The monoisotopic (exact) mass is 329 g/mol. The molecule has 1 amide bonds. The average Bonchev–Trinajstić information content (AvgIpc) is 3.04. The summed E-state index contributed by atoms with van der Waals surface area (Å²) in [7, 11) is 0. The van der Waals surface area contributed by atoms with Crippen LogP contribution in [-0.2, 0) is 4.79 Å². The molecule has 2 aromatic rings. The number of carbonyl (C=O) groups is 1. The summed E-state index contributed by atoms with van der Waals surface area (Å²) in [6, 6.07) is 6.38. The number of aromatic nitrogens is 2. The average molecular weight is 329 g/mol. The van der Waals surface area contributed by atoms with Gasteiger partial charge in [-0.05, 0) is 56.4 Å². The third-order valence-electron chi connectivity index (χ3n) is 4.41. The predicted molar refractivity (Wildman–Crippen MR) is 94.2 cm³/mol. The SMILES string of the molecule is Cc1ccc(-n2ccnc2SCC(=O)N2CCCCC2)cc1C. The highest BCUT2D eigenvalue weighted by atomic mass is 32.2. The van der Waals surface area contributed by atoms with Crippen LogP contribution in [0.15, 0.2) is 35.7 Å². The Labute approximate surface area is 141 Å². The first-order valence-electron chi connectivity index (χ1n) is 8.17.